The van der Waals surface area contributed by atoms with Gasteiger partial charge in [-0.15, -0.1) is 0 Å². The van der Waals surface area contributed by atoms with Crippen LogP contribution in [0.15, 0.2) is 47.4 Å². The Kier molecular flexibility index (Phi) is 4.72. The van der Waals surface area contributed by atoms with Crippen molar-refractivity contribution in [3.63, 3.8) is 0 Å². The summed E-state index contributed by atoms with van der Waals surface area (Å²) in [5.41, 5.74) is 3.40. The van der Waals surface area contributed by atoms with Crippen LogP contribution in [0.25, 0.3) is 0 Å². The molecule has 0 radical (unpaired) electrons. The van der Waals surface area contributed by atoms with Crippen LogP contribution in [0, 0.1) is 0 Å². The highest BCUT2D eigenvalue weighted by Gasteiger charge is 2.18. The largest absolute Gasteiger partial charge is 0.326 e. The second-order valence-corrected chi connectivity index (χ2v) is 8.43. The number of amides is 1. The molecule has 0 aromatic heterocycles. The third-order valence-electron chi connectivity index (χ3n) is 4.26. The van der Waals surface area contributed by atoms with Crippen molar-refractivity contribution >= 4 is 27.2 Å². The van der Waals surface area contributed by atoms with E-state index in [4.69, 9.17) is 0 Å². The molecule has 1 N–H and O–H groups in total. The Hall–Kier alpha value is -2.47. The summed E-state index contributed by atoms with van der Waals surface area (Å²) in [4.78, 5) is 23.9. The second-order valence-electron chi connectivity index (χ2n) is 6.16. The Morgan fingerprint density at radius 3 is 2.36 bits per heavy atom. The van der Waals surface area contributed by atoms with Crippen LogP contribution < -0.4 is 5.32 Å². The van der Waals surface area contributed by atoms with E-state index < -0.39 is 9.84 Å². The van der Waals surface area contributed by atoms with E-state index in [0.29, 0.717) is 6.42 Å². The average Bonchev–Trinajstić information content (AvgIpc) is 2.94. The van der Waals surface area contributed by atoms with Crippen molar-refractivity contribution in [1.29, 1.82) is 0 Å². The fourth-order valence-electron chi connectivity index (χ4n) is 2.89. The lowest BCUT2D eigenvalue weighted by Gasteiger charge is -2.06. The van der Waals surface area contributed by atoms with Gasteiger partial charge in [0.05, 0.1) is 17.1 Å². The summed E-state index contributed by atoms with van der Waals surface area (Å²) in [6, 6.07) is 12.0. The van der Waals surface area contributed by atoms with Crippen molar-refractivity contribution in [2.75, 3.05) is 11.1 Å². The third kappa shape index (κ3) is 3.96. The van der Waals surface area contributed by atoms with Crippen molar-refractivity contribution in [2.45, 2.75) is 31.1 Å². The van der Waals surface area contributed by atoms with Gasteiger partial charge in [0.1, 0.15) is 5.78 Å². The zero-order valence-electron chi connectivity index (χ0n) is 13.9. The van der Waals surface area contributed by atoms with Gasteiger partial charge in [-0.1, -0.05) is 31.2 Å². The average molecular weight is 357 g/mol. The first-order chi connectivity index (χ1) is 11.9. The molecule has 0 bridgehead atoms. The van der Waals surface area contributed by atoms with Gasteiger partial charge in [0.15, 0.2) is 9.84 Å². The number of anilines is 1. The number of benzene rings is 2. The Morgan fingerprint density at radius 1 is 1.04 bits per heavy atom. The highest BCUT2D eigenvalue weighted by atomic mass is 32.2. The SMILES string of the molecule is CCS(=O)(=O)c1ccc(CC(=O)Cc2ccc3c(c2)CC(=O)N3)cc1. The van der Waals surface area contributed by atoms with Crippen molar-refractivity contribution in [2.24, 2.45) is 0 Å². The predicted octanol–water partition coefficient (Wildman–Crippen LogP) is 2.33. The lowest BCUT2D eigenvalue weighted by molar-refractivity contribution is -0.118. The van der Waals surface area contributed by atoms with Crippen LogP contribution >= 0.6 is 0 Å². The van der Waals surface area contributed by atoms with Crippen LogP contribution in [0.4, 0.5) is 5.69 Å². The molecular formula is C19H19NO4S. The monoisotopic (exact) mass is 357 g/mol. The van der Waals surface area contributed by atoms with Gasteiger partial charge < -0.3 is 5.32 Å². The number of fused-ring (bicyclic) bond motifs is 1. The van der Waals surface area contributed by atoms with Gasteiger partial charge in [0.2, 0.25) is 5.91 Å². The predicted molar refractivity (Wildman–Crippen MR) is 95.4 cm³/mol. The fraction of sp³-hybridized carbons (Fsp3) is 0.263. The number of hydrogen-bond donors (Lipinski definition) is 1. The van der Waals surface area contributed by atoms with E-state index in [2.05, 4.69) is 5.32 Å². The molecule has 0 saturated carbocycles. The standard InChI is InChI=1S/C19H19NO4S/c1-2-25(23,24)17-6-3-13(4-7-17)10-16(21)11-14-5-8-18-15(9-14)12-19(22)20-18/h3-9H,2,10-12H2,1H3,(H,20,22). The molecule has 130 valence electrons. The van der Waals surface area contributed by atoms with Crippen molar-refractivity contribution < 1.29 is 18.0 Å². The Labute approximate surface area is 147 Å². The van der Waals surface area contributed by atoms with Gasteiger partial charge in [-0.25, -0.2) is 8.42 Å². The summed E-state index contributed by atoms with van der Waals surface area (Å²) in [5, 5.41) is 2.77. The normalized spacial score (nSPS) is 13.4. The highest BCUT2D eigenvalue weighted by molar-refractivity contribution is 7.91. The van der Waals surface area contributed by atoms with E-state index in [-0.39, 0.29) is 35.2 Å². The molecule has 0 spiro atoms. The number of carbonyl (C=O) groups is 2. The summed E-state index contributed by atoms with van der Waals surface area (Å²) >= 11 is 0. The van der Waals surface area contributed by atoms with E-state index in [1.54, 1.807) is 31.2 Å². The maximum atomic E-state index is 12.3. The Balaban J connectivity index is 1.65. The quantitative estimate of drug-likeness (QED) is 0.860. The zero-order valence-corrected chi connectivity index (χ0v) is 14.7. The van der Waals surface area contributed by atoms with E-state index in [0.717, 1.165) is 22.4 Å². The molecule has 25 heavy (non-hydrogen) atoms. The minimum Gasteiger partial charge on any atom is -0.326 e. The molecule has 0 aliphatic carbocycles. The lowest BCUT2D eigenvalue weighted by atomic mass is 10.0. The number of rotatable bonds is 6. The minimum absolute atomic E-state index is 0.0272. The summed E-state index contributed by atoms with van der Waals surface area (Å²) in [6.45, 7) is 1.60. The van der Waals surface area contributed by atoms with Crippen LogP contribution in [-0.2, 0) is 38.7 Å². The summed E-state index contributed by atoms with van der Waals surface area (Å²) in [6.07, 6.45) is 0.891. The van der Waals surface area contributed by atoms with Gasteiger partial charge in [-0.3, -0.25) is 9.59 Å². The van der Waals surface area contributed by atoms with Crippen LogP contribution in [0.3, 0.4) is 0 Å². The maximum Gasteiger partial charge on any atom is 0.228 e. The molecule has 0 fully saturated rings. The molecule has 5 nitrogen and oxygen atoms in total. The number of ketones is 1. The summed E-state index contributed by atoms with van der Waals surface area (Å²) in [5.74, 6) is 0.0740. The van der Waals surface area contributed by atoms with Gasteiger partial charge in [0, 0.05) is 18.5 Å². The van der Waals surface area contributed by atoms with Gasteiger partial charge in [-0.2, -0.15) is 0 Å². The second kappa shape index (κ2) is 6.80. The molecule has 0 saturated heterocycles. The molecule has 6 heteroatoms. The molecular weight excluding hydrogens is 338 g/mol. The Bertz CT molecular complexity index is 930. The van der Waals surface area contributed by atoms with E-state index in [1.807, 2.05) is 18.2 Å². The van der Waals surface area contributed by atoms with Gasteiger partial charge >= 0.3 is 0 Å². The summed E-state index contributed by atoms with van der Waals surface area (Å²) < 4.78 is 23.6. The third-order valence-corrected chi connectivity index (χ3v) is 6.01. The number of nitrogens with one attached hydrogen (secondary N) is 1. The molecule has 0 unspecified atom stereocenters. The van der Waals surface area contributed by atoms with E-state index in [1.165, 1.54) is 0 Å². The topological polar surface area (TPSA) is 80.3 Å². The van der Waals surface area contributed by atoms with Crippen LogP contribution in [0.2, 0.25) is 0 Å². The maximum absolute atomic E-state index is 12.3. The van der Waals surface area contributed by atoms with Crippen LogP contribution in [-0.4, -0.2) is 25.9 Å². The highest BCUT2D eigenvalue weighted by Crippen LogP contribution is 2.24. The van der Waals surface area contributed by atoms with Gasteiger partial charge in [0.25, 0.3) is 0 Å². The van der Waals surface area contributed by atoms with E-state index >= 15 is 0 Å². The molecule has 1 aliphatic rings. The van der Waals surface area contributed by atoms with Crippen molar-refractivity contribution in [3.05, 3.63) is 59.2 Å². The van der Waals surface area contributed by atoms with E-state index in [9.17, 15) is 18.0 Å². The molecule has 1 heterocycles. The Morgan fingerprint density at radius 2 is 1.68 bits per heavy atom. The smallest absolute Gasteiger partial charge is 0.228 e. The summed E-state index contributed by atoms with van der Waals surface area (Å²) in [7, 11) is -3.22. The molecule has 1 aliphatic heterocycles. The molecule has 1 amide bonds. The van der Waals surface area contributed by atoms with Crippen molar-refractivity contribution in [3.8, 4) is 0 Å². The first kappa shape index (κ1) is 17.4. The van der Waals surface area contributed by atoms with Crippen LogP contribution in [0.5, 0.6) is 0 Å². The lowest BCUT2D eigenvalue weighted by Crippen LogP contribution is -2.08. The van der Waals surface area contributed by atoms with Crippen LogP contribution in [0.1, 0.15) is 23.6 Å². The molecule has 3 rings (SSSR count). The molecule has 2 aromatic carbocycles. The number of hydrogen-bond acceptors (Lipinski definition) is 4. The molecule has 0 atom stereocenters. The first-order valence-electron chi connectivity index (χ1n) is 8.12. The number of carbonyl (C=O) groups excluding carboxylic acids is 2. The van der Waals surface area contributed by atoms with Crippen molar-refractivity contribution in [1.82, 2.24) is 0 Å². The fourth-order valence-corrected chi connectivity index (χ4v) is 3.78. The zero-order chi connectivity index (χ0) is 18.0. The number of Topliss-reactive ketones (excluding diaryl/α,β-unsaturated/α-hetero) is 1. The van der Waals surface area contributed by atoms with Gasteiger partial charge in [-0.05, 0) is 34.9 Å². The molecule has 2 aromatic rings. The first-order valence-corrected chi connectivity index (χ1v) is 9.77. The minimum atomic E-state index is -3.22. The number of sulfone groups is 1.